The maximum atomic E-state index is 13.3. The molecule has 0 spiro atoms. The van der Waals surface area contributed by atoms with Crippen molar-refractivity contribution in [2.24, 2.45) is 0 Å². The topological polar surface area (TPSA) is 126 Å². The number of carbonyl (C=O) groups is 1. The molecule has 0 fully saturated rings. The summed E-state index contributed by atoms with van der Waals surface area (Å²) in [5.41, 5.74) is -1.25. The van der Waals surface area contributed by atoms with Crippen molar-refractivity contribution in [3.63, 3.8) is 0 Å². The second kappa shape index (κ2) is 8.30. The van der Waals surface area contributed by atoms with Gasteiger partial charge in [0.15, 0.2) is 12.2 Å². The maximum absolute atomic E-state index is 13.3. The first-order valence-electron chi connectivity index (χ1n) is 11.1. The lowest BCUT2D eigenvalue weighted by molar-refractivity contribution is -0.0479. The molecule has 4 N–H and O–H groups in total. The number of methoxy groups -OCH3 is 1. The molecule has 0 aromatic heterocycles. The summed E-state index contributed by atoms with van der Waals surface area (Å²) in [7, 11) is 1.53. The second-order valence-corrected chi connectivity index (χ2v) is 9.81. The van der Waals surface area contributed by atoms with E-state index in [4.69, 9.17) is 14.2 Å². The smallest absolute Gasteiger partial charge is 0.202 e. The molecular formula is C26H30O8. The Morgan fingerprint density at radius 2 is 1.82 bits per heavy atom. The van der Waals surface area contributed by atoms with Gasteiger partial charge in [-0.3, -0.25) is 4.79 Å². The number of Topliss-reactive ketones (excluding diaryl/α,β-unsaturated/α-hetero) is 1. The van der Waals surface area contributed by atoms with Gasteiger partial charge in [0.2, 0.25) is 5.78 Å². The molecule has 4 rings (SSSR count). The highest BCUT2D eigenvalue weighted by molar-refractivity contribution is 6.07. The number of phenolic OH excluding ortho intramolecular Hbond substituents is 1. The first-order valence-corrected chi connectivity index (χ1v) is 11.1. The first-order chi connectivity index (χ1) is 15.8. The summed E-state index contributed by atoms with van der Waals surface area (Å²) in [4.78, 5) is 13.3. The van der Waals surface area contributed by atoms with Crippen LogP contribution in [0.4, 0.5) is 0 Å². The molecule has 0 bridgehead atoms. The molecule has 2 aliphatic heterocycles. The normalized spacial score (nSPS) is 21.7. The van der Waals surface area contributed by atoms with Gasteiger partial charge in [0.05, 0.1) is 24.4 Å². The van der Waals surface area contributed by atoms with Crippen LogP contribution in [0.2, 0.25) is 0 Å². The van der Waals surface area contributed by atoms with Gasteiger partial charge < -0.3 is 34.6 Å². The van der Waals surface area contributed by atoms with E-state index in [9.17, 15) is 25.2 Å². The van der Waals surface area contributed by atoms with Crippen LogP contribution in [-0.2, 0) is 6.42 Å². The third kappa shape index (κ3) is 4.13. The van der Waals surface area contributed by atoms with Crippen molar-refractivity contribution in [3.8, 4) is 23.0 Å². The van der Waals surface area contributed by atoms with Crippen LogP contribution < -0.4 is 14.2 Å². The van der Waals surface area contributed by atoms with Crippen molar-refractivity contribution in [1.29, 1.82) is 0 Å². The van der Waals surface area contributed by atoms with E-state index in [1.807, 2.05) is 13.8 Å². The third-order valence-electron chi connectivity index (χ3n) is 6.23. The molecule has 3 atom stereocenters. The van der Waals surface area contributed by atoms with Crippen LogP contribution in [0.25, 0.3) is 6.08 Å². The molecule has 2 heterocycles. The minimum atomic E-state index is -1.57. The zero-order valence-electron chi connectivity index (χ0n) is 19.8. The predicted molar refractivity (Wildman–Crippen MR) is 125 cm³/mol. The molecular weight excluding hydrogens is 440 g/mol. The van der Waals surface area contributed by atoms with Gasteiger partial charge >= 0.3 is 0 Å². The van der Waals surface area contributed by atoms with Crippen LogP contribution in [0.1, 0.15) is 60.8 Å². The zero-order chi connectivity index (χ0) is 25.0. The van der Waals surface area contributed by atoms with Crippen molar-refractivity contribution < 1.29 is 39.4 Å². The number of fused-ring (bicyclic) bond motifs is 2. The lowest BCUT2D eigenvalue weighted by Crippen LogP contribution is -2.40. The summed E-state index contributed by atoms with van der Waals surface area (Å²) in [5.74, 6) is -0.203. The Bertz CT molecular complexity index is 1140. The average Bonchev–Trinajstić information content (AvgIpc) is 2.77. The van der Waals surface area contributed by atoms with E-state index < -0.39 is 35.3 Å². The van der Waals surface area contributed by atoms with Crippen molar-refractivity contribution >= 4 is 11.9 Å². The molecule has 0 saturated heterocycles. The van der Waals surface area contributed by atoms with Gasteiger partial charge in [-0.25, -0.2) is 0 Å². The molecule has 8 nitrogen and oxygen atoms in total. The highest BCUT2D eigenvalue weighted by Gasteiger charge is 2.44. The zero-order valence-corrected chi connectivity index (χ0v) is 19.8. The monoisotopic (exact) mass is 470 g/mol. The number of benzene rings is 2. The van der Waals surface area contributed by atoms with Crippen LogP contribution in [0.5, 0.6) is 23.0 Å². The van der Waals surface area contributed by atoms with Gasteiger partial charge in [0, 0.05) is 12.0 Å². The molecule has 8 heteroatoms. The lowest BCUT2D eigenvalue weighted by atomic mass is 9.85. The summed E-state index contributed by atoms with van der Waals surface area (Å²) in [6.45, 7) is 6.60. The lowest BCUT2D eigenvalue weighted by Gasteiger charge is -2.37. The van der Waals surface area contributed by atoms with E-state index in [2.05, 4.69) is 0 Å². The quantitative estimate of drug-likeness (QED) is 0.526. The SMILES string of the molecule is COc1ccc([C@H]2Oc3c(C[C@H](O)C(C)(C)O)c4c(c(O)c3C(=O)[C@H]2O)C=CC(C)(C)O4)cc1. The standard InChI is InChI=1S/C26H30O8/c1-25(2)11-10-15-19(28)18-20(29)21(30)22(13-6-8-14(32-5)9-7-13)33-24(18)16(23(15)34-25)12-17(27)26(3,4)31/h6-11,17,21-22,27-28,30-31H,12H2,1-5H3/t17-,21+,22+/m0/s1. The third-order valence-corrected chi connectivity index (χ3v) is 6.23. The van der Waals surface area contributed by atoms with Crippen LogP contribution in [-0.4, -0.2) is 56.7 Å². The highest BCUT2D eigenvalue weighted by atomic mass is 16.5. The van der Waals surface area contributed by atoms with Gasteiger partial charge in [-0.15, -0.1) is 0 Å². The van der Waals surface area contributed by atoms with Crippen LogP contribution in [0.3, 0.4) is 0 Å². The fourth-order valence-corrected chi connectivity index (χ4v) is 4.13. The Hall–Kier alpha value is -3.07. The van der Waals surface area contributed by atoms with E-state index in [-0.39, 0.29) is 34.8 Å². The number of hydrogen-bond donors (Lipinski definition) is 4. The van der Waals surface area contributed by atoms with Crippen molar-refractivity contribution in [2.45, 2.75) is 63.6 Å². The summed E-state index contributed by atoms with van der Waals surface area (Å²) in [5, 5.41) is 42.9. The summed E-state index contributed by atoms with van der Waals surface area (Å²) >= 11 is 0. The molecule has 0 aliphatic carbocycles. The number of carbonyl (C=O) groups excluding carboxylic acids is 1. The molecule has 0 radical (unpaired) electrons. The number of aromatic hydroxyl groups is 1. The minimum absolute atomic E-state index is 0.0155. The van der Waals surface area contributed by atoms with Crippen molar-refractivity contribution in [2.75, 3.05) is 7.11 Å². The van der Waals surface area contributed by atoms with Gasteiger partial charge in [-0.2, -0.15) is 0 Å². The molecule has 2 aromatic rings. The number of ether oxygens (including phenoxy) is 3. The molecule has 0 amide bonds. The average molecular weight is 471 g/mol. The van der Waals surface area contributed by atoms with Gasteiger partial charge in [-0.1, -0.05) is 12.1 Å². The molecule has 34 heavy (non-hydrogen) atoms. The number of ketones is 1. The van der Waals surface area contributed by atoms with E-state index in [1.54, 1.807) is 36.4 Å². The summed E-state index contributed by atoms with van der Waals surface area (Å²) in [6, 6.07) is 6.73. The van der Waals surface area contributed by atoms with Gasteiger partial charge in [0.25, 0.3) is 0 Å². The molecule has 2 aliphatic rings. The van der Waals surface area contributed by atoms with Crippen LogP contribution in [0.15, 0.2) is 30.3 Å². The number of aliphatic hydroxyl groups is 3. The number of hydrogen-bond acceptors (Lipinski definition) is 8. The predicted octanol–water partition coefficient (Wildman–Crippen LogP) is 2.94. The fraction of sp³-hybridized carbons (Fsp3) is 0.423. The molecule has 182 valence electrons. The first kappa shape index (κ1) is 24.1. The van der Waals surface area contributed by atoms with E-state index >= 15 is 0 Å². The van der Waals surface area contributed by atoms with Crippen LogP contribution in [0, 0.1) is 0 Å². The number of rotatable bonds is 5. The Labute approximate surface area is 198 Å². The van der Waals surface area contributed by atoms with E-state index in [0.717, 1.165) is 0 Å². The van der Waals surface area contributed by atoms with Crippen molar-refractivity contribution in [1.82, 2.24) is 0 Å². The van der Waals surface area contributed by atoms with Gasteiger partial charge in [-0.05, 0) is 57.5 Å². The number of phenols is 1. The Morgan fingerprint density at radius 3 is 2.41 bits per heavy atom. The van der Waals surface area contributed by atoms with Crippen LogP contribution >= 0.6 is 0 Å². The van der Waals surface area contributed by atoms with E-state index in [1.165, 1.54) is 21.0 Å². The Balaban J connectivity index is 1.91. The number of aliphatic hydroxyl groups excluding tert-OH is 2. The molecule has 0 saturated carbocycles. The maximum Gasteiger partial charge on any atom is 0.202 e. The van der Waals surface area contributed by atoms with Crippen molar-refractivity contribution in [3.05, 3.63) is 52.6 Å². The Kier molecular flexibility index (Phi) is 5.88. The fourth-order valence-electron chi connectivity index (χ4n) is 4.13. The molecule has 2 aromatic carbocycles. The summed E-state index contributed by atoms with van der Waals surface area (Å²) in [6.07, 6.45) is -0.591. The highest BCUT2D eigenvalue weighted by Crippen LogP contribution is 2.51. The Morgan fingerprint density at radius 1 is 1.18 bits per heavy atom. The minimum Gasteiger partial charge on any atom is -0.506 e. The largest absolute Gasteiger partial charge is 0.506 e. The molecule has 0 unspecified atom stereocenters. The van der Waals surface area contributed by atoms with Gasteiger partial charge in [0.1, 0.15) is 34.2 Å². The van der Waals surface area contributed by atoms with E-state index in [0.29, 0.717) is 16.9 Å². The second-order valence-electron chi connectivity index (χ2n) is 9.81. The summed E-state index contributed by atoms with van der Waals surface area (Å²) < 4.78 is 17.5.